The monoisotopic (exact) mass is 331 g/mol. The molecule has 5 nitrogen and oxygen atoms in total. The molecule has 116 valence electrons. The first-order valence-electron chi connectivity index (χ1n) is 7.13. The van der Waals surface area contributed by atoms with Gasteiger partial charge in [0.15, 0.2) is 0 Å². The zero-order valence-corrected chi connectivity index (χ0v) is 13.5. The number of rotatable bonds is 5. The fourth-order valence-electron chi connectivity index (χ4n) is 2.62. The Bertz CT molecular complexity index is 494. The maximum atomic E-state index is 10.8. The summed E-state index contributed by atoms with van der Waals surface area (Å²) in [6.07, 6.45) is 3.20. The van der Waals surface area contributed by atoms with E-state index < -0.39 is 4.92 Å². The minimum atomic E-state index is -0.495. The molecule has 0 aromatic heterocycles. The number of nitro benzene ring substituents is 1. The fraction of sp³-hybridized carbons (Fsp3) is 0.571. The van der Waals surface area contributed by atoms with E-state index in [4.69, 9.17) is 23.2 Å². The molecule has 0 amide bonds. The maximum Gasteiger partial charge on any atom is 0.272 e. The van der Waals surface area contributed by atoms with Crippen molar-refractivity contribution in [2.24, 2.45) is 0 Å². The summed E-state index contributed by atoms with van der Waals surface area (Å²) in [6.45, 7) is 5.41. The number of halogens is 2. The molecule has 1 aromatic rings. The first-order valence-corrected chi connectivity index (χ1v) is 7.89. The SMILES string of the molecule is CCCN1CCC(Nc2c(Cl)cc([N+](=O)[O-])cc2Cl)CC1. The minimum absolute atomic E-state index is 0.0895. The molecule has 2 rings (SSSR count). The Hall–Kier alpha value is -1.04. The summed E-state index contributed by atoms with van der Waals surface area (Å²) < 4.78 is 0. The van der Waals surface area contributed by atoms with Crippen LogP contribution >= 0.6 is 23.2 Å². The first-order chi connectivity index (χ1) is 10.0. The lowest BCUT2D eigenvalue weighted by Crippen LogP contribution is -2.39. The molecule has 0 unspecified atom stereocenters. The van der Waals surface area contributed by atoms with Crippen LogP contribution < -0.4 is 5.32 Å². The number of piperidine rings is 1. The number of anilines is 1. The van der Waals surface area contributed by atoms with Crippen molar-refractivity contribution in [3.63, 3.8) is 0 Å². The molecule has 1 aliphatic rings. The van der Waals surface area contributed by atoms with Gasteiger partial charge in [-0.15, -0.1) is 0 Å². The van der Waals surface area contributed by atoms with Gasteiger partial charge in [-0.05, 0) is 25.8 Å². The van der Waals surface area contributed by atoms with Crippen molar-refractivity contribution in [2.45, 2.75) is 32.2 Å². The van der Waals surface area contributed by atoms with Crippen LogP contribution in [0.5, 0.6) is 0 Å². The third-order valence-corrected chi connectivity index (χ3v) is 4.31. The van der Waals surface area contributed by atoms with Crippen molar-refractivity contribution in [3.8, 4) is 0 Å². The van der Waals surface area contributed by atoms with Gasteiger partial charge >= 0.3 is 0 Å². The Labute approximate surface area is 134 Å². The largest absolute Gasteiger partial charge is 0.380 e. The van der Waals surface area contributed by atoms with Crippen LogP contribution in [0, 0.1) is 10.1 Å². The second-order valence-corrected chi connectivity index (χ2v) is 6.12. The molecular formula is C14H19Cl2N3O2. The summed E-state index contributed by atoms with van der Waals surface area (Å²) in [4.78, 5) is 12.7. The van der Waals surface area contributed by atoms with Gasteiger partial charge in [-0.2, -0.15) is 0 Å². The number of nitro groups is 1. The van der Waals surface area contributed by atoms with Crippen molar-refractivity contribution in [2.75, 3.05) is 25.0 Å². The number of hydrogen-bond donors (Lipinski definition) is 1. The Morgan fingerprint density at radius 2 is 1.90 bits per heavy atom. The van der Waals surface area contributed by atoms with Gasteiger partial charge in [0.25, 0.3) is 5.69 Å². The molecule has 1 aromatic carbocycles. The molecule has 1 N–H and O–H groups in total. The van der Waals surface area contributed by atoms with Crippen LogP contribution in [0.2, 0.25) is 10.0 Å². The Kier molecular flexibility index (Phi) is 5.67. The van der Waals surface area contributed by atoms with E-state index in [0.29, 0.717) is 21.8 Å². The van der Waals surface area contributed by atoms with Gasteiger partial charge in [0.05, 0.1) is 20.7 Å². The third kappa shape index (κ3) is 4.22. The van der Waals surface area contributed by atoms with Crippen molar-refractivity contribution in [3.05, 3.63) is 32.3 Å². The van der Waals surface area contributed by atoms with E-state index in [1.165, 1.54) is 12.1 Å². The molecule has 0 saturated carbocycles. The highest BCUT2D eigenvalue weighted by Gasteiger charge is 2.21. The van der Waals surface area contributed by atoms with E-state index in [9.17, 15) is 10.1 Å². The zero-order chi connectivity index (χ0) is 15.4. The molecule has 1 saturated heterocycles. The lowest BCUT2D eigenvalue weighted by molar-refractivity contribution is -0.384. The second kappa shape index (κ2) is 7.29. The summed E-state index contributed by atoms with van der Waals surface area (Å²) in [5, 5.41) is 14.7. The van der Waals surface area contributed by atoms with Crippen LogP contribution in [0.15, 0.2) is 12.1 Å². The summed E-state index contributed by atoms with van der Waals surface area (Å²) >= 11 is 12.2. The quantitative estimate of drug-likeness (QED) is 0.649. The molecule has 0 aliphatic carbocycles. The molecular weight excluding hydrogens is 313 g/mol. The van der Waals surface area contributed by atoms with Crippen LogP contribution in [0.1, 0.15) is 26.2 Å². The molecule has 7 heteroatoms. The summed E-state index contributed by atoms with van der Waals surface area (Å²) in [6, 6.07) is 2.97. The number of non-ortho nitro benzene ring substituents is 1. The maximum absolute atomic E-state index is 10.8. The van der Waals surface area contributed by atoms with Crippen molar-refractivity contribution in [1.29, 1.82) is 0 Å². The Balaban J connectivity index is 2.02. The van der Waals surface area contributed by atoms with Gasteiger partial charge in [-0.25, -0.2) is 0 Å². The number of hydrogen-bond acceptors (Lipinski definition) is 4. The van der Waals surface area contributed by atoms with Crippen molar-refractivity contribution >= 4 is 34.6 Å². The van der Waals surface area contributed by atoms with Crippen LogP contribution in [0.25, 0.3) is 0 Å². The molecule has 0 atom stereocenters. The molecule has 0 spiro atoms. The highest BCUT2D eigenvalue weighted by Crippen LogP contribution is 2.35. The Morgan fingerprint density at radius 1 is 1.33 bits per heavy atom. The third-order valence-electron chi connectivity index (χ3n) is 3.71. The smallest absolute Gasteiger partial charge is 0.272 e. The standard InChI is InChI=1S/C14H19Cl2N3O2/c1-2-5-18-6-3-10(4-7-18)17-14-12(15)8-11(19(20)21)9-13(14)16/h8-10,17H,2-7H2,1H3. The van der Waals surface area contributed by atoms with E-state index in [1.54, 1.807) is 0 Å². The van der Waals surface area contributed by atoms with Gasteiger partial charge in [0.1, 0.15) is 0 Å². The van der Waals surface area contributed by atoms with Gasteiger partial charge in [0, 0.05) is 31.3 Å². The normalized spacial score (nSPS) is 16.9. The average molecular weight is 332 g/mol. The van der Waals surface area contributed by atoms with Crippen molar-refractivity contribution in [1.82, 2.24) is 4.90 Å². The van der Waals surface area contributed by atoms with Gasteiger partial charge < -0.3 is 10.2 Å². The number of nitrogens with zero attached hydrogens (tertiary/aromatic N) is 2. The lowest BCUT2D eigenvalue weighted by Gasteiger charge is -2.32. The number of nitrogens with one attached hydrogen (secondary N) is 1. The first kappa shape index (κ1) is 16.3. The molecule has 1 fully saturated rings. The van der Waals surface area contributed by atoms with E-state index >= 15 is 0 Å². The minimum Gasteiger partial charge on any atom is -0.380 e. The predicted octanol–water partition coefficient (Wildman–Crippen LogP) is 4.19. The van der Waals surface area contributed by atoms with E-state index in [0.717, 1.165) is 38.9 Å². The fourth-order valence-corrected chi connectivity index (χ4v) is 3.21. The number of likely N-dealkylation sites (tertiary alicyclic amines) is 1. The summed E-state index contributed by atoms with van der Waals surface area (Å²) in [5.41, 5.74) is 0.506. The summed E-state index contributed by atoms with van der Waals surface area (Å²) in [7, 11) is 0. The predicted molar refractivity (Wildman–Crippen MR) is 86.5 cm³/mol. The van der Waals surface area contributed by atoms with Gasteiger partial charge in [-0.1, -0.05) is 30.1 Å². The molecule has 21 heavy (non-hydrogen) atoms. The second-order valence-electron chi connectivity index (χ2n) is 5.30. The van der Waals surface area contributed by atoms with Gasteiger partial charge in [0.2, 0.25) is 0 Å². The molecule has 1 heterocycles. The molecule has 1 aliphatic heterocycles. The van der Waals surface area contributed by atoms with Crippen LogP contribution in [-0.2, 0) is 0 Å². The van der Waals surface area contributed by atoms with Crippen LogP contribution in [0.4, 0.5) is 11.4 Å². The van der Waals surface area contributed by atoms with Crippen LogP contribution in [-0.4, -0.2) is 35.5 Å². The number of benzene rings is 1. The van der Waals surface area contributed by atoms with Gasteiger partial charge in [-0.3, -0.25) is 10.1 Å². The average Bonchev–Trinajstić information content (AvgIpc) is 2.44. The zero-order valence-electron chi connectivity index (χ0n) is 11.9. The topological polar surface area (TPSA) is 58.4 Å². The van der Waals surface area contributed by atoms with E-state index in [-0.39, 0.29) is 5.69 Å². The molecule has 0 bridgehead atoms. The molecule has 0 radical (unpaired) electrons. The lowest BCUT2D eigenvalue weighted by atomic mass is 10.0. The van der Waals surface area contributed by atoms with Crippen molar-refractivity contribution < 1.29 is 4.92 Å². The highest BCUT2D eigenvalue weighted by molar-refractivity contribution is 6.39. The summed E-state index contributed by atoms with van der Waals surface area (Å²) in [5.74, 6) is 0. The van der Waals surface area contributed by atoms with Crippen LogP contribution in [0.3, 0.4) is 0 Å². The Morgan fingerprint density at radius 3 is 2.38 bits per heavy atom. The van der Waals surface area contributed by atoms with E-state index in [2.05, 4.69) is 17.1 Å². The van der Waals surface area contributed by atoms with E-state index in [1.807, 2.05) is 0 Å². The highest BCUT2D eigenvalue weighted by atomic mass is 35.5.